The number of rotatable bonds is 6. The van der Waals surface area contributed by atoms with Gasteiger partial charge in [-0.2, -0.15) is 5.10 Å². The molecule has 2 aromatic carbocycles. The predicted octanol–water partition coefficient (Wildman–Crippen LogP) is 2.70. The molecule has 1 fully saturated rings. The molecule has 3 aromatic rings. The van der Waals surface area contributed by atoms with Crippen LogP contribution in [0.4, 0.5) is 11.5 Å². The highest BCUT2D eigenvalue weighted by Crippen LogP contribution is 2.23. The maximum Gasteiger partial charge on any atom is 0.256 e. The molecule has 0 bridgehead atoms. The summed E-state index contributed by atoms with van der Waals surface area (Å²) in [6.45, 7) is 1.81. The number of aromatic nitrogens is 2. The second-order valence-corrected chi connectivity index (χ2v) is 7.77. The number of benzene rings is 2. The molecule has 1 aliphatic rings. The summed E-state index contributed by atoms with van der Waals surface area (Å²) in [7, 11) is 5.58. The van der Waals surface area contributed by atoms with E-state index in [1.54, 1.807) is 24.1 Å². The van der Waals surface area contributed by atoms with E-state index in [0.29, 0.717) is 17.3 Å². The monoisotopic (exact) mass is 420 g/mol. The van der Waals surface area contributed by atoms with E-state index in [1.165, 1.54) is 5.56 Å². The molecule has 2 unspecified atom stereocenters. The first-order valence-corrected chi connectivity index (χ1v) is 10.3. The third-order valence-corrected chi connectivity index (χ3v) is 5.50. The van der Waals surface area contributed by atoms with Crippen molar-refractivity contribution in [1.29, 1.82) is 0 Å². The van der Waals surface area contributed by atoms with E-state index in [9.17, 15) is 4.79 Å². The number of ether oxygens (including phenoxy) is 1. The van der Waals surface area contributed by atoms with E-state index in [2.05, 4.69) is 45.1 Å². The molecule has 1 aromatic heterocycles. The van der Waals surface area contributed by atoms with Crippen LogP contribution in [-0.4, -0.2) is 54.1 Å². The van der Waals surface area contributed by atoms with Crippen LogP contribution in [-0.2, 0) is 7.05 Å². The maximum atomic E-state index is 12.4. The molecule has 1 aliphatic heterocycles. The van der Waals surface area contributed by atoms with Gasteiger partial charge in [0.2, 0.25) is 0 Å². The fourth-order valence-electron chi connectivity index (χ4n) is 3.73. The van der Waals surface area contributed by atoms with Crippen LogP contribution in [0.2, 0.25) is 0 Å². The molecule has 0 aliphatic carbocycles. The van der Waals surface area contributed by atoms with Gasteiger partial charge < -0.3 is 15.4 Å². The van der Waals surface area contributed by atoms with E-state index in [4.69, 9.17) is 4.74 Å². The molecule has 4 rings (SSSR count). The summed E-state index contributed by atoms with van der Waals surface area (Å²) in [6, 6.07) is 17.5. The molecular weight excluding hydrogens is 392 g/mol. The second-order valence-electron chi connectivity index (χ2n) is 7.77. The maximum absolute atomic E-state index is 12.4. The predicted molar refractivity (Wildman–Crippen MR) is 121 cm³/mol. The highest BCUT2D eigenvalue weighted by atomic mass is 16.5. The minimum atomic E-state index is -0.180. The number of carbonyl (C=O) groups excluding carboxylic acids is 1. The van der Waals surface area contributed by atoms with Crippen LogP contribution in [0, 0.1) is 0 Å². The number of aryl methyl sites for hydroxylation is 1. The minimum Gasteiger partial charge on any atom is -0.497 e. The molecule has 0 spiro atoms. The Kier molecular flexibility index (Phi) is 6.20. The minimum absolute atomic E-state index is 0.0164. The number of amides is 1. The lowest BCUT2D eigenvalue weighted by atomic mass is 9.97. The number of hydrogen-bond donors (Lipinski definition) is 3. The lowest BCUT2D eigenvalue weighted by Gasteiger charge is -2.39. The Morgan fingerprint density at radius 2 is 1.84 bits per heavy atom. The van der Waals surface area contributed by atoms with Crippen LogP contribution in [0.5, 0.6) is 5.75 Å². The van der Waals surface area contributed by atoms with Crippen LogP contribution < -0.4 is 20.7 Å². The van der Waals surface area contributed by atoms with Crippen LogP contribution >= 0.6 is 0 Å². The largest absolute Gasteiger partial charge is 0.497 e. The van der Waals surface area contributed by atoms with Crippen molar-refractivity contribution in [3.63, 3.8) is 0 Å². The van der Waals surface area contributed by atoms with E-state index in [-0.39, 0.29) is 12.2 Å². The summed E-state index contributed by atoms with van der Waals surface area (Å²) in [5, 5.41) is 14.0. The molecule has 0 saturated carbocycles. The van der Waals surface area contributed by atoms with Crippen LogP contribution in [0.1, 0.15) is 21.8 Å². The van der Waals surface area contributed by atoms with Crippen molar-refractivity contribution in [3.05, 3.63) is 71.9 Å². The van der Waals surface area contributed by atoms with Gasteiger partial charge in [-0.25, -0.2) is 0 Å². The number of carbonyl (C=O) groups is 1. The van der Waals surface area contributed by atoms with Gasteiger partial charge >= 0.3 is 0 Å². The first-order valence-electron chi connectivity index (χ1n) is 10.3. The van der Waals surface area contributed by atoms with Gasteiger partial charge in [-0.05, 0) is 49.0 Å². The van der Waals surface area contributed by atoms with Crippen molar-refractivity contribution in [2.24, 2.45) is 7.05 Å². The van der Waals surface area contributed by atoms with Crippen LogP contribution in [0.15, 0.2) is 60.8 Å². The topological polar surface area (TPSA) is 83.4 Å². The average molecular weight is 421 g/mol. The van der Waals surface area contributed by atoms with Crippen molar-refractivity contribution in [3.8, 4) is 5.75 Å². The molecule has 1 saturated heterocycles. The van der Waals surface area contributed by atoms with Gasteiger partial charge in [-0.3, -0.25) is 19.7 Å². The summed E-state index contributed by atoms with van der Waals surface area (Å²) in [4.78, 5) is 14.6. The number of anilines is 2. The molecular formula is C23H28N6O2. The normalized spacial score (nSPS) is 19.1. The molecule has 0 radical (unpaired) electrons. The van der Waals surface area contributed by atoms with Gasteiger partial charge in [0.15, 0.2) is 5.82 Å². The second kappa shape index (κ2) is 9.20. The van der Waals surface area contributed by atoms with Gasteiger partial charge in [-0.15, -0.1) is 0 Å². The Morgan fingerprint density at radius 3 is 2.45 bits per heavy atom. The molecule has 1 amide bonds. The highest BCUT2D eigenvalue weighted by molar-refractivity contribution is 6.03. The lowest BCUT2D eigenvalue weighted by molar-refractivity contribution is 0.102. The van der Waals surface area contributed by atoms with Crippen LogP contribution in [0.25, 0.3) is 0 Å². The summed E-state index contributed by atoms with van der Waals surface area (Å²) < 4.78 is 6.90. The van der Waals surface area contributed by atoms with Gasteiger partial charge in [0.1, 0.15) is 12.0 Å². The molecule has 2 atom stereocenters. The molecule has 3 N–H and O–H groups in total. The summed E-state index contributed by atoms with van der Waals surface area (Å²) >= 11 is 0. The Labute approximate surface area is 182 Å². The fraction of sp³-hybridized carbons (Fsp3) is 0.304. The average Bonchev–Trinajstić information content (AvgIpc) is 3.20. The quantitative estimate of drug-likeness (QED) is 0.569. The van der Waals surface area contributed by atoms with Gasteiger partial charge in [0, 0.05) is 49.6 Å². The number of likely N-dealkylation sites (N-methyl/N-ethyl adjacent to an activating group) is 1. The molecule has 8 heteroatoms. The SMILES string of the molecule is COc1ccc(C2CNC(Nc3ccc(C(=O)Nc4ccn(C)n4)cc3)N(C)C2)cc1. The number of hydrogen-bond acceptors (Lipinski definition) is 6. The first-order chi connectivity index (χ1) is 15.0. The summed E-state index contributed by atoms with van der Waals surface area (Å²) in [6.07, 6.45) is 1.80. The Hall–Kier alpha value is -3.36. The highest BCUT2D eigenvalue weighted by Gasteiger charge is 2.26. The summed E-state index contributed by atoms with van der Waals surface area (Å²) in [5.41, 5.74) is 2.82. The third-order valence-electron chi connectivity index (χ3n) is 5.50. The fourth-order valence-corrected chi connectivity index (χ4v) is 3.73. The van der Waals surface area contributed by atoms with Crippen LogP contribution in [0.3, 0.4) is 0 Å². The van der Waals surface area contributed by atoms with Gasteiger partial charge in [0.05, 0.1) is 7.11 Å². The smallest absolute Gasteiger partial charge is 0.256 e. The first kappa shape index (κ1) is 20.9. The molecule has 162 valence electrons. The van der Waals surface area contributed by atoms with E-state index >= 15 is 0 Å². The number of nitrogens with one attached hydrogen (secondary N) is 3. The number of nitrogens with zero attached hydrogens (tertiary/aromatic N) is 3. The van der Waals surface area contributed by atoms with Gasteiger partial charge in [-0.1, -0.05) is 12.1 Å². The zero-order valence-electron chi connectivity index (χ0n) is 18.0. The van der Waals surface area contributed by atoms with Crippen molar-refractivity contribution >= 4 is 17.4 Å². The summed E-state index contributed by atoms with van der Waals surface area (Å²) in [5.74, 6) is 1.64. The standard InChI is InChI=1S/C23H28N6O2/c1-28-15-18(16-6-10-20(31-3)11-7-16)14-24-23(28)25-19-8-4-17(5-9-19)22(30)26-21-12-13-29(2)27-21/h4-13,18,23-25H,14-15H2,1-3H3,(H,26,27,30). The Morgan fingerprint density at radius 1 is 1.10 bits per heavy atom. The third kappa shape index (κ3) is 5.04. The zero-order valence-corrected chi connectivity index (χ0v) is 18.0. The Balaban J connectivity index is 1.32. The molecule has 2 heterocycles. The van der Waals surface area contributed by atoms with Crippen molar-refractivity contribution in [2.45, 2.75) is 12.2 Å². The lowest BCUT2D eigenvalue weighted by Crippen LogP contribution is -2.56. The number of methoxy groups -OCH3 is 1. The van der Waals surface area contributed by atoms with Crippen molar-refractivity contribution in [2.75, 3.05) is 37.9 Å². The van der Waals surface area contributed by atoms with E-state index in [1.807, 2.05) is 43.4 Å². The van der Waals surface area contributed by atoms with Crippen molar-refractivity contribution < 1.29 is 9.53 Å². The molecule has 8 nitrogen and oxygen atoms in total. The van der Waals surface area contributed by atoms with Crippen molar-refractivity contribution in [1.82, 2.24) is 20.0 Å². The van der Waals surface area contributed by atoms with E-state index < -0.39 is 0 Å². The zero-order chi connectivity index (χ0) is 21.8. The molecule has 31 heavy (non-hydrogen) atoms. The van der Waals surface area contributed by atoms with Gasteiger partial charge in [0.25, 0.3) is 5.91 Å². The van der Waals surface area contributed by atoms with E-state index in [0.717, 1.165) is 24.5 Å². The Bertz CT molecular complexity index is 1020.